The molecule has 0 aliphatic carbocycles. The van der Waals surface area contributed by atoms with Gasteiger partial charge in [0.25, 0.3) is 17.7 Å². The van der Waals surface area contributed by atoms with Gasteiger partial charge in [0.2, 0.25) is 0 Å². The maximum Gasteiger partial charge on any atom is 0.328 e. The molecule has 5 amide bonds. The van der Waals surface area contributed by atoms with Crippen LogP contribution in [0, 0.1) is 0 Å². The number of barbiturate groups is 1. The molecule has 1 saturated heterocycles. The first-order chi connectivity index (χ1) is 14.6. The fourth-order valence-corrected chi connectivity index (χ4v) is 4.23. The van der Waals surface area contributed by atoms with Gasteiger partial charge < -0.3 is 10.1 Å². The zero-order chi connectivity index (χ0) is 22.7. The molecule has 1 aliphatic heterocycles. The van der Waals surface area contributed by atoms with Crippen molar-refractivity contribution in [2.24, 2.45) is 0 Å². The lowest BCUT2D eigenvalue weighted by Gasteiger charge is -2.15. The number of hydrogen-bond donors (Lipinski definition) is 3. The summed E-state index contributed by atoms with van der Waals surface area (Å²) in [6.45, 7) is -0.301. The molecule has 12 heteroatoms. The Hall–Kier alpha value is -2.40. The van der Waals surface area contributed by atoms with E-state index in [1.807, 2.05) is 10.6 Å². The summed E-state index contributed by atoms with van der Waals surface area (Å²) in [6, 6.07) is 6.97. The Morgan fingerprint density at radius 1 is 1.00 bits per heavy atom. The number of nitrogens with one attached hydrogen (secondary N) is 3. The zero-order valence-corrected chi connectivity index (χ0v) is 19.9. The third-order valence-corrected chi connectivity index (χ3v) is 5.74. The number of rotatable bonds is 5. The lowest BCUT2D eigenvalue weighted by Crippen LogP contribution is -2.51. The standard InChI is InChI=1S/C19H11Br2Cl2N3O5/c20-11-4-8(3-10-17(28)25-19(30)26-18(10)29)5-12(21)16(11)31-7-15(27)24-9-1-2-13(22)14(23)6-9/h1-6H,7H2,(H,24,27)(H2,25,26,28,29,30). The average Bonchev–Trinajstić information content (AvgIpc) is 2.67. The summed E-state index contributed by atoms with van der Waals surface area (Å²) in [5.41, 5.74) is 0.708. The van der Waals surface area contributed by atoms with Crippen LogP contribution in [0.4, 0.5) is 10.5 Å². The van der Waals surface area contributed by atoms with E-state index in [-0.39, 0.29) is 12.2 Å². The molecule has 3 N–H and O–H groups in total. The van der Waals surface area contributed by atoms with Gasteiger partial charge in [0.15, 0.2) is 6.61 Å². The first-order valence-electron chi connectivity index (χ1n) is 8.39. The average molecular weight is 592 g/mol. The van der Waals surface area contributed by atoms with Crippen LogP contribution in [0.5, 0.6) is 5.75 Å². The van der Waals surface area contributed by atoms with Crippen LogP contribution in [-0.2, 0) is 14.4 Å². The van der Waals surface area contributed by atoms with Gasteiger partial charge in [-0.3, -0.25) is 25.0 Å². The van der Waals surface area contributed by atoms with E-state index in [1.54, 1.807) is 24.3 Å². The molecule has 2 aromatic carbocycles. The summed E-state index contributed by atoms with van der Waals surface area (Å²) in [5, 5.41) is 7.30. The molecule has 0 atom stereocenters. The second kappa shape index (κ2) is 9.82. The monoisotopic (exact) mass is 589 g/mol. The van der Waals surface area contributed by atoms with Gasteiger partial charge >= 0.3 is 6.03 Å². The van der Waals surface area contributed by atoms with Crippen molar-refractivity contribution in [2.75, 3.05) is 11.9 Å². The highest BCUT2D eigenvalue weighted by Gasteiger charge is 2.27. The summed E-state index contributed by atoms with van der Waals surface area (Å²) in [5.74, 6) is -1.71. The first-order valence-corrected chi connectivity index (χ1v) is 10.7. The van der Waals surface area contributed by atoms with Gasteiger partial charge in [0.1, 0.15) is 11.3 Å². The molecule has 0 radical (unpaired) electrons. The molecule has 0 bridgehead atoms. The molecule has 1 aliphatic rings. The van der Waals surface area contributed by atoms with E-state index in [4.69, 9.17) is 27.9 Å². The molecule has 2 aromatic rings. The van der Waals surface area contributed by atoms with Gasteiger partial charge in [-0.1, -0.05) is 23.2 Å². The number of anilines is 1. The highest BCUT2D eigenvalue weighted by Crippen LogP contribution is 2.35. The molecule has 1 fully saturated rings. The van der Waals surface area contributed by atoms with Crippen molar-refractivity contribution >= 4 is 90.6 Å². The van der Waals surface area contributed by atoms with Crippen LogP contribution in [0.3, 0.4) is 0 Å². The molecular formula is C19H11Br2Cl2N3O5. The minimum Gasteiger partial charge on any atom is -0.481 e. The van der Waals surface area contributed by atoms with Gasteiger partial charge in [-0.05, 0) is 73.8 Å². The molecule has 1 heterocycles. The third kappa shape index (κ3) is 5.85. The van der Waals surface area contributed by atoms with E-state index in [0.717, 1.165) is 0 Å². The van der Waals surface area contributed by atoms with Crippen LogP contribution in [-0.4, -0.2) is 30.4 Å². The number of halogens is 4. The summed E-state index contributed by atoms with van der Waals surface area (Å²) >= 11 is 18.4. The van der Waals surface area contributed by atoms with Gasteiger partial charge in [0.05, 0.1) is 19.0 Å². The first kappa shape index (κ1) is 23.3. The number of hydrogen-bond acceptors (Lipinski definition) is 5. The van der Waals surface area contributed by atoms with Crippen LogP contribution in [0.2, 0.25) is 10.0 Å². The highest BCUT2D eigenvalue weighted by atomic mass is 79.9. The molecule has 0 spiro atoms. The van der Waals surface area contributed by atoms with Crippen molar-refractivity contribution in [2.45, 2.75) is 0 Å². The number of amides is 5. The second-order valence-electron chi connectivity index (χ2n) is 6.07. The number of urea groups is 1. The van der Waals surface area contributed by atoms with Crippen molar-refractivity contribution < 1.29 is 23.9 Å². The molecule has 31 heavy (non-hydrogen) atoms. The molecular weight excluding hydrogens is 581 g/mol. The van der Waals surface area contributed by atoms with Gasteiger partial charge in [0, 0.05) is 5.69 Å². The number of carbonyl (C=O) groups is 4. The van der Waals surface area contributed by atoms with Crippen molar-refractivity contribution in [1.29, 1.82) is 0 Å². The normalized spacial score (nSPS) is 13.4. The predicted octanol–water partition coefficient (Wildman–Crippen LogP) is 4.29. The fraction of sp³-hybridized carbons (Fsp3) is 0.0526. The van der Waals surface area contributed by atoms with Crippen LogP contribution in [0.1, 0.15) is 5.56 Å². The number of ether oxygens (including phenoxy) is 1. The number of benzene rings is 2. The molecule has 8 nitrogen and oxygen atoms in total. The van der Waals surface area contributed by atoms with Crippen molar-refractivity contribution in [3.05, 3.63) is 60.5 Å². The van der Waals surface area contributed by atoms with Gasteiger partial charge in [-0.25, -0.2) is 4.79 Å². The zero-order valence-electron chi connectivity index (χ0n) is 15.2. The summed E-state index contributed by atoms with van der Waals surface area (Å²) in [4.78, 5) is 47.0. The third-order valence-electron chi connectivity index (χ3n) is 3.83. The lowest BCUT2D eigenvalue weighted by molar-refractivity contribution is -0.124. The smallest absolute Gasteiger partial charge is 0.328 e. The quantitative estimate of drug-likeness (QED) is 0.355. The Morgan fingerprint density at radius 2 is 1.61 bits per heavy atom. The summed E-state index contributed by atoms with van der Waals surface area (Å²) in [7, 11) is 0. The molecule has 160 valence electrons. The minimum absolute atomic E-state index is 0.229. The van der Waals surface area contributed by atoms with E-state index in [9.17, 15) is 19.2 Å². The SMILES string of the molecule is O=C(COc1c(Br)cc(C=C2C(=O)NC(=O)NC2=O)cc1Br)Nc1ccc(Cl)c(Cl)c1. The fourth-order valence-electron chi connectivity index (χ4n) is 2.48. The van der Waals surface area contributed by atoms with Crippen LogP contribution >= 0.6 is 55.1 Å². The maximum atomic E-state index is 12.2. The van der Waals surface area contributed by atoms with Crippen molar-refractivity contribution in [1.82, 2.24) is 10.6 Å². The minimum atomic E-state index is -0.877. The van der Waals surface area contributed by atoms with E-state index in [1.165, 1.54) is 12.1 Å². The van der Waals surface area contributed by atoms with Crippen molar-refractivity contribution in [3.8, 4) is 5.75 Å². The Labute approximate surface area is 202 Å². The second-order valence-corrected chi connectivity index (χ2v) is 8.60. The topological polar surface area (TPSA) is 114 Å². The largest absolute Gasteiger partial charge is 0.481 e. The van der Waals surface area contributed by atoms with E-state index in [2.05, 4.69) is 37.2 Å². The Morgan fingerprint density at radius 3 is 2.19 bits per heavy atom. The lowest BCUT2D eigenvalue weighted by atomic mass is 10.1. The van der Waals surface area contributed by atoms with Crippen LogP contribution in [0.15, 0.2) is 44.9 Å². The predicted molar refractivity (Wildman–Crippen MR) is 122 cm³/mol. The molecule has 0 saturated carbocycles. The van der Waals surface area contributed by atoms with Crippen molar-refractivity contribution in [3.63, 3.8) is 0 Å². The highest BCUT2D eigenvalue weighted by molar-refractivity contribution is 9.11. The van der Waals surface area contributed by atoms with Crippen LogP contribution in [0.25, 0.3) is 6.08 Å². The van der Waals surface area contributed by atoms with E-state index in [0.29, 0.717) is 36.0 Å². The Balaban J connectivity index is 1.70. The van der Waals surface area contributed by atoms with Gasteiger partial charge in [-0.15, -0.1) is 0 Å². The molecule has 0 unspecified atom stereocenters. The number of carbonyl (C=O) groups excluding carboxylic acids is 4. The van der Waals surface area contributed by atoms with E-state index < -0.39 is 23.8 Å². The Bertz CT molecular complexity index is 1110. The Kier molecular flexibility index (Phi) is 7.37. The van der Waals surface area contributed by atoms with Gasteiger partial charge in [-0.2, -0.15) is 0 Å². The molecule has 3 rings (SSSR count). The van der Waals surface area contributed by atoms with E-state index >= 15 is 0 Å². The van der Waals surface area contributed by atoms with Crippen LogP contribution < -0.4 is 20.7 Å². The summed E-state index contributed by atoms with van der Waals surface area (Å²) in [6.07, 6.45) is 1.31. The maximum absolute atomic E-state index is 12.2. The summed E-state index contributed by atoms with van der Waals surface area (Å²) < 4.78 is 6.49. The molecule has 0 aromatic heterocycles. The number of imide groups is 2.